The average Bonchev–Trinajstić information content (AvgIpc) is 2.48. The molecule has 5 heteroatoms. The fraction of sp³-hybridized carbons (Fsp3) is 0. The summed E-state index contributed by atoms with van der Waals surface area (Å²) in [4.78, 5) is 22.6. The molecular weight excluding hydrogens is 311 g/mol. The van der Waals surface area contributed by atoms with Gasteiger partial charge in [0.05, 0.1) is 5.56 Å². The zero-order chi connectivity index (χ0) is 15.2. The van der Waals surface area contributed by atoms with E-state index >= 15 is 0 Å². The molecule has 2 aromatic carbocycles. The van der Waals surface area contributed by atoms with E-state index in [0.29, 0.717) is 16.3 Å². The minimum absolute atomic E-state index is 0.167. The lowest BCUT2D eigenvalue weighted by atomic mass is 10.2. The highest BCUT2D eigenvalue weighted by Crippen LogP contribution is 2.21. The van der Waals surface area contributed by atoms with Crippen molar-refractivity contribution in [2.75, 3.05) is 0 Å². The zero-order valence-electron chi connectivity index (χ0n) is 10.8. The van der Waals surface area contributed by atoms with Crippen LogP contribution in [0.4, 0.5) is 0 Å². The summed E-state index contributed by atoms with van der Waals surface area (Å²) in [6, 6.07) is 11.4. The van der Waals surface area contributed by atoms with Crippen LogP contribution in [-0.2, 0) is 4.79 Å². The van der Waals surface area contributed by atoms with Gasteiger partial charge in [-0.15, -0.1) is 0 Å². The summed E-state index contributed by atoms with van der Waals surface area (Å²) in [6.07, 6.45) is 3.44. The number of carbonyl (C=O) groups excluding carboxylic acids is 2. The van der Waals surface area contributed by atoms with E-state index < -0.39 is 5.97 Å². The van der Waals surface area contributed by atoms with Crippen molar-refractivity contribution in [3.8, 4) is 5.75 Å². The number of esters is 1. The predicted molar refractivity (Wildman–Crippen MR) is 83.0 cm³/mol. The fourth-order valence-electron chi connectivity index (χ4n) is 1.58. The molecule has 0 heterocycles. The Balaban J connectivity index is 2.08. The first-order valence-electron chi connectivity index (χ1n) is 5.98. The molecule has 2 aromatic rings. The van der Waals surface area contributed by atoms with Crippen LogP contribution in [0.25, 0.3) is 6.08 Å². The summed E-state index contributed by atoms with van der Waals surface area (Å²) in [6.45, 7) is 0. The van der Waals surface area contributed by atoms with Crippen LogP contribution in [-0.4, -0.2) is 12.3 Å². The van der Waals surface area contributed by atoms with Gasteiger partial charge in [0.25, 0.3) is 0 Å². The van der Waals surface area contributed by atoms with Crippen LogP contribution in [0.5, 0.6) is 5.75 Å². The maximum absolute atomic E-state index is 11.7. The van der Waals surface area contributed by atoms with E-state index in [4.69, 9.17) is 27.9 Å². The van der Waals surface area contributed by atoms with E-state index in [1.165, 1.54) is 18.2 Å². The Hall–Kier alpha value is -2.10. The summed E-state index contributed by atoms with van der Waals surface area (Å²) >= 11 is 11.5. The monoisotopic (exact) mass is 320 g/mol. The van der Waals surface area contributed by atoms with Gasteiger partial charge in [0.15, 0.2) is 6.29 Å². The summed E-state index contributed by atoms with van der Waals surface area (Å²) in [7, 11) is 0. The smallest absolute Gasteiger partial charge is 0.336 e. The summed E-state index contributed by atoms with van der Waals surface area (Å²) in [5.74, 6) is -0.421. The molecule has 3 nitrogen and oxygen atoms in total. The maximum Gasteiger partial charge on any atom is 0.336 e. The molecule has 0 N–H and O–H groups in total. The van der Waals surface area contributed by atoms with E-state index in [1.54, 1.807) is 36.4 Å². The van der Waals surface area contributed by atoms with Crippen LogP contribution < -0.4 is 4.74 Å². The van der Waals surface area contributed by atoms with Crippen LogP contribution in [0.1, 0.15) is 15.9 Å². The van der Waals surface area contributed by atoms with Crippen molar-refractivity contribution in [2.24, 2.45) is 0 Å². The Morgan fingerprint density at radius 1 is 1.00 bits per heavy atom. The molecule has 0 unspecified atom stereocenters. The van der Waals surface area contributed by atoms with Crippen molar-refractivity contribution in [1.29, 1.82) is 0 Å². The van der Waals surface area contributed by atoms with Crippen LogP contribution >= 0.6 is 23.2 Å². The highest BCUT2D eigenvalue weighted by molar-refractivity contribution is 6.31. The summed E-state index contributed by atoms with van der Waals surface area (Å²) < 4.78 is 5.10. The molecule has 0 saturated carbocycles. The molecule has 0 aliphatic rings. The second kappa shape index (κ2) is 7.07. The first-order valence-corrected chi connectivity index (χ1v) is 6.74. The third kappa shape index (κ3) is 4.45. The molecule has 21 heavy (non-hydrogen) atoms. The Kier molecular flexibility index (Phi) is 5.14. The number of aldehydes is 1. The minimum atomic E-state index is -0.588. The van der Waals surface area contributed by atoms with Gasteiger partial charge in [-0.05, 0) is 42.0 Å². The Morgan fingerprint density at radius 2 is 1.67 bits per heavy atom. The quantitative estimate of drug-likeness (QED) is 0.362. The largest absolute Gasteiger partial charge is 0.423 e. The maximum atomic E-state index is 11.7. The van der Waals surface area contributed by atoms with Gasteiger partial charge in [-0.2, -0.15) is 0 Å². The fourth-order valence-corrected chi connectivity index (χ4v) is 1.89. The number of benzene rings is 2. The molecule has 0 atom stereocenters. The third-order valence-corrected chi connectivity index (χ3v) is 3.08. The Morgan fingerprint density at radius 3 is 2.33 bits per heavy atom. The van der Waals surface area contributed by atoms with Crippen molar-refractivity contribution >= 4 is 41.5 Å². The lowest BCUT2D eigenvalue weighted by Gasteiger charge is -2.04. The van der Waals surface area contributed by atoms with Crippen molar-refractivity contribution in [2.45, 2.75) is 0 Å². The molecule has 0 radical (unpaired) electrons. The van der Waals surface area contributed by atoms with Gasteiger partial charge >= 0.3 is 5.97 Å². The summed E-state index contributed by atoms with van der Waals surface area (Å²) in [5, 5.41) is 1.01. The van der Waals surface area contributed by atoms with E-state index in [1.807, 2.05) is 0 Å². The van der Waals surface area contributed by atoms with Gasteiger partial charge in [-0.25, -0.2) is 4.79 Å². The lowest BCUT2D eigenvalue weighted by Crippen LogP contribution is -2.05. The molecule has 0 spiro atoms. The SMILES string of the molecule is O=Cc1cc(Cl)ccc1OC(=O)/C=C/c1ccc(Cl)cc1. The van der Waals surface area contributed by atoms with Crippen molar-refractivity contribution in [1.82, 2.24) is 0 Å². The highest BCUT2D eigenvalue weighted by Gasteiger charge is 2.07. The van der Waals surface area contributed by atoms with Gasteiger partial charge in [0.2, 0.25) is 0 Å². The molecule has 0 aliphatic heterocycles. The molecular formula is C16H10Cl2O3. The molecule has 0 fully saturated rings. The van der Waals surface area contributed by atoms with Crippen molar-refractivity contribution in [3.05, 3.63) is 69.7 Å². The number of hydrogen-bond acceptors (Lipinski definition) is 3. The van der Waals surface area contributed by atoms with Crippen LogP contribution in [0.2, 0.25) is 10.0 Å². The van der Waals surface area contributed by atoms with Gasteiger partial charge in [-0.1, -0.05) is 35.3 Å². The normalized spacial score (nSPS) is 10.6. The van der Waals surface area contributed by atoms with E-state index in [9.17, 15) is 9.59 Å². The molecule has 0 saturated heterocycles. The third-order valence-electron chi connectivity index (χ3n) is 2.59. The van der Waals surface area contributed by atoms with Crippen molar-refractivity contribution < 1.29 is 14.3 Å². The lowest BCUT2D eigenvalue weighted by molar-refractivity contribution is -0.128. The highest BCUT2D eigenvalue weighted by atomic mass is 35.5. The molecule has 0 amide bonds. The van der Waals surface area contributed by atoms with Crippen LogP contribution in [0, 0.1) is 0 Å². The Labute approximate surface area is 131 Å². The van der Waals surface area contributed by atoms with Gasteiger partial charge in [-0.3, -0.25) is 4.79 Å². The first-order chi connectivity index (χ1) is 10.1. The molecule has 2 rings (SSSR count). The number of ether oxygens (including phenoxy) is 1. The van der Waals surface area contributed by atoms with Gasteiger partial charge in [0.1, 0.15) is 5.75 Å². The zero-order valence-corrected chi connectivity index (χ0v) is 12.3. The molecule has 0 aliphatic carbocycles. The minimum Gasteiger partial charge on any atom is -0.423 e. The van der Waals surface area contributed by atoms with Gasteiger partial charge in [0, 0.05) is 16.1 Å². The second-order valence-corrected chi connectivity index (χ2v) is 4.98. The van der Waals surface area contributed by atoms with E-state index in [0.717, 1.165) is 5.56 Å². The number of carbonyl (C=O) groups is 2. The molecule has 0 aromatic heterocycles. The topological polar surface area (TPSA) is 43.4 Å². The van der Waals surface area contributed by atoms with Gasteiger partial charge < -0.3 is 4.74 Å². The molecule has 0 bridgehead atoms. The van der Waals surface area contributed by atoms with E-state index in [2.05, 4.69) is 0 Å². The molecule has 106 valence electrons. The average molecular weight is 321 g/mol. The first kappa shape index (κ1) is 15.3. The number of rotatable bonds is 4. The van der Waals surface area contributed by atoms with Crippen LogP contribution in [0.3, 0.4) is 0 Å². The standard InChI is InChI=1S/C16H10Cl2O3/c17-13-4-1-11(2-5-13)3-8-16(20)21-15-7-6-14(18)9-12(15)10-19/h1-10H/b8-3+. The Bertz CT molecular complexity index is 691. The summed E-state index contributed by atoms with van der Waals surface area (Å²) in [5.41, 5.74) is 1.03. The predicted octanol–water partition coefficient (Wildman–Crippen LogP) is 4.42. The number of hydrogen-bond donors (Lipinski definition) is 0. The second-order valence-electron chi connectivity index (χ2n) is 4.11. The van der Waals surface area contributed by atoms with Crippen molar-refractivity contribution in [3.63, 3.8) is 0 Å². The number of halogens is 2. The van der Waals surface area contributed by atoms with E-state index in [-0.39, 0.29) is 11.3 Å². The van der Waals surface area contributed by atoms with Crippen LogP contribution in [0.15, 0.2) is 48.5 Å².